The maximum absolute atomic E-state index is 14.3. The summed E-state index contributed by atoms with van der Waals surface area (Å²) in [5.74, 6) is 1.55. The summed E-state index contributed by atoms with van der Waals surface area (Å²) < 4.78 is 39.5. The molecule has 1 unspecified atom stereocenters. The molecule has 0 aliphatic carbocycles. The van der Waals surface area contributed by atoms with Crippen LogP contribution in [0, 0.1) is 12.7 Å². The number of aryl methyl sites for hydroxylation is 1. The second-order valence-corrected chi connectivity index (χ2v) is 9.68. The van der Waals surface area contributed by atoms with Crippen LogP contribution in [0.25, 0.3) is 0 Å². The van der Waals surface area contributed by atoms with E-state index in [0.717, 1.165) is 29.3 Å². The molecule has 0 saturated carbocycles. The predicted octanol–water partition coefficient (Wildman–Crippen LogP) is 3.11. The first kappa shape index (κ1) is 21.6. The minimum atomic E-state index is -3.21. The zero-order valence-corrected chi connectivity index (χ0v) is 18.3. The molecular formula is C21H29FN4O2S. The van der Waals surface area contributed by atoms with Gasteiger partial charge in [-0.1, -0.05) is 32.0 Å². The lowest BCUT2D eigenvalue weighted by molar-refractivity contribution is 0.386. The normalized spacial score (nSPS) is 16.8. The Morgan fingerprint density at radius 1 is 1.14 bits per heavy atom. The summed E-state index contributed by atoms with van der Waals surface area (Å²) in [5, 5.41) is 0. The highest BCUT2D eigenvalue weighted by atomic mass is 32.2. The SMILES string of the molecule is CCC(C)c1nc(C)c(Cc2ccccc2F)c(N2CCN(S(C)(=O)=O)CC2)n1. The van der Waals surface area contributed by atoms with Gasteiger partial charge in [0.1, 0.15) is 17.5 Å². The average Bonchev–Trinajstić information content (AvgIpc) is 2.69. The average molecular weight is 421 g/mol. The lowest BCUT2D eigenvalue weighted by Crippen LogP contribution is -2.49. The third-order valence-corrected chi connectivity index (χ3v) is 6.90. The highest BCUT2D eigenvalue weighted by Crippen LogP contribution is 2.28. The summed E-state index contributed by atoms with van der Waals surface area (Å²) in [4.78, 5) is 11.7. The van der Waals surface area contributed by atoms with E-state index in [1.165, 1.54) is 16.6 Å². The standard InChI is InChI=1S/C21H29FN4O2S/c1-5-15(2)20-23-16(3)18(14-17-8-6-7-9-19(17)22)21(24-20)25-10-12-26(13-11-25)29(4,27)28/h6-9,15H,5,10-14H2,1-4H3. The molecule has 8 heteroatoms. The van der Waals surface area contributed by atoms with Crippen LogP contribution >= 0.6 is 0 Å². The molecule has 1 aromatic carbocycles. The molecule has 0 radical (unpaired) electrons. The molecular weight excluding hydrogens is 391 g/mol. The van der Waals surface area contributed by atoms with E-state index in [9.17, 15) is 12.8 Å². The number of hydrogen-bond acceptors (Lipinski definition) is 5. The summed E-state index contributed by atoms with van der Waals surface area (Å²) in [6, 6.07) is 6.75. The van der Waals surface area contributed by atoms with Crippen molar-refractivity contribution in [3.63, 3.8) is 0 Å². The number of aromatic nitrogens is 2. The van der Waals surface area contributed by atoms with E-state index >= 15 is 0 Å². The fraction of sp³-hybridized carbons (Fsp3) is 0.524. The van der Waals surface area contributed by atoms with Crippen molar-refractivity contribution < 1.29 is 12.8 Å². The van der Waals surface area contributed by atoms with Crippen molar-refractivity contribution in [3.8, 4) is 0 Å². The molecule has 0 N–H and O–H groups in total. The van der Waals surface area contributed by atoms with Crippen LogP contribution in [0.5, 0.6) is 0 Å². The second-order valence-electron chi connectivity index (χ2n) is 7.70. The van der Waals surface area contributed by atoms with Crippen LogP contribution in [0.15, 0.2) is 24.3 Å². The van der Waals surface area contributed by atoms with Crippen LogP contribution in [-0.4, -0.2) is 55.1 Å². The lowest BCUT2D eigenvalue weighted by atomic mass is 10.0. The molecule has 1 atom stereocenters. The van der Waals surface area contributed by atoms with Crippen molar-refractivity contribution in [2.75, 3.05) is 37.3 Å². The molecule has 0 spiro atoms. The minimum absolute atomic E-state index is 0.215. The molecule has 1 saturated heterocycles. The first-order valence-corrected chi connectivity index (χ1v) is 11.9. The molecule has 1 fully saturated rings. The van der Waals surface area contributed by atoms with Crippen molar-refractivity contribution in [2.24, 2.45) is 0 Å². The van der Waals surface area contributed by atoms with E-state index in [2.05, 4.69) is 18.7 Å². The van der Waals surface area contributed by atoms with Crippen LogP contribution in [0.1, 0.15) is 48.8 Å². The van der Waals surface area contributed by atoms with Crippen LogP contribution in [0.2, 0.25) is 0 Å². The zero-order valence-electron chi connectivity index (χ0n) is 17.5. The molecule has 158 valence electrons. The Morgan fingerprint density at radius 2 is 1.79 bits per heavy atom. The van der Waals surface area contributed by atoms with Gasteiger partial charge >= 0.3 is 0 Å². The molecule has 3 rings (SSSR count). The van der Waals surface area contributed by atoms with E-state index in [4.69, 9.17) is 9.97 Å². The van der Waals surface area contributed by atoms with Crippen molar-refractivity contribution in [2.45, 2.75) is 39.5 Å². The van der Waals surface area contributed by atoms with Crippen LogP contribution in [-0.2, 0) is 16.4 Å². The number of sulfonamides is 1. The van der Waals surface area contributed by atoms with Crippen molar-refractivity contribution in [3.05, 3.63) is 52.7 Å². The number of nitrogens with zero attached hydrogens (tertiary/aromatic N) is 4. The summed E-state index contributed by atoms with van der Waals surface area (Å²) in [7, 11) is -3.21. The van der Waals surface area contributed by atoms with Gasteiger partial charge < -0.3 is 4.90 Å². The smallest absolute Gasteiger partial charge is 0.211 e. The van der Waals surface area contributed by atoms with Gasteiger partial charge in [-0.2, -0.15) is 4.31 Å². The Balaban J connectivity index is 1.98. The minimum Gasteiger partial charge on any atom is -0.354 e. The van der Waals surface area contributed by atoms with E-state index in [-0.39, 0.29) is 11.7 Å². The Morgan fingerprint density at radius 3 is 2.38 bits per heavy atom. The number of piperazine rings is 1. The Kier molecular flexibility index (Phi) is 6.53. The molecule has 29 heavy (non-hydrogen) atoms. The Labute approximate surface area is 172 Å². The van der Waals surface area contributed by atoms with Gasteiger partial charge in [0, 0.05) is 49.8 Å². The second kappa shape index (κ2) is 8.75. The van der Waals surface area contributed by atoms with Gasteiger partial charge in [-0.15, -0.1) is 0 Å². The largest absolute Gasteiger partial charge is 0.354 e. The Bertz CT molecular complexity index is 973. The first-order valence-electron chi connectivity index (χ1n) is 10.0. The van der Waals surface area contributed by atoms with Gasteiger partial charge in [0.05, 0.1) is 6.26 Å². The number of benzene rings is 1. The van der Waals surface area contributed by atoms with Gasteiger partial charge in [0.25, 0.3) is 0 Å². The molecule has 2 aromatic rings. The number of hydrogen-bond donors (Lipinski definition) is 0. The third-order valence-electron chi connectivity index (χ3n) is 5.59. The summed E-state index contributed by atoms with van der Waals surface area (Å²) >= 11 is 0. The van der Waals surface area contributed by atoms with Gasteiger partial charge in [0.15, 0.2) is 0 Å². The van der Waals surface area contributed by atoms with Gasteiger partial charge in [-0.3, -0.25) is 0 Å². The molecule has 1 aliphatic rings. The highest BCUT2D eigenvalue weighted by molar-refractivity contribution is 7.88. The summed E-state index contributed by atoms with van der Waals surface area (Å²) in [5.41, 5.74) is 2.35. The molecule has 1 aliphatic heterocycles. The maximum Gasteiger partial charge on any atom is 0.211 e. The summed E-state index contributed by atoms with van der Waals surface area (Å²) in [6.07, 6.45) is 2.57. The number of anilines is 1. The monoisotopic (exact) mass is 420 g/mol. The van der Waals surface area contributed by atoms with Crippen molar-refractivity contribution in [1.29, 1.82) is 0 Å². The zero-order chi connectivity index (χ0) is 21.2. The number of rotatable bonds is 6. The molecule has 1 aromatic heterocycles. The predicted molar refractivity (Wildman–Crippen MR) is 113 cm³/mol. The van der Waals surface area contributed by atoms with E-state index in [1.807, 2.05) is 13.0 Å². The topological polar surface area (TPSA) is 66.4 Å². The lowest BCUT2D eigenvalue weighted by Gasteiger charge is -2.35. The van der Waals surface area contributed by atoms with Gasteiger partial charge in [-0.25, -0.2) is 22.8 Å². The molecule has 0 bridgehead atoms. The van der Waals surface area contributed by atoms with E-state index < -0.39 is 10.0 Å². The quantitative estimate of drug-likeness (QED) is 0.718. The van der Waals surface area contributed by atoms with Crippen LogP contribution in [0.3, 0.4) is 0 Å². The summed E-state index contributed by atoms with van der Waals surface area (Å²) in [6.45, 7) is 8.07. The van der Waals surface area contributed by atoms with Gasteiger partial charge in [-0.05, 0) is 25.0 Å². The number of halogens is 1. The highest BCUT2D eigenvalue weighted by Gasteiger charge is 2.27. The van der Waals surface area contributed by atoms with Crippen molar-refractivity contribution in [1.82, 2.24) is 14.3 Å². The van der Waals surface area contributed by atoms with Crippen molar-refractivity contribution >= 4 is 15.8 Å². The third kappa shape index (κ3) is 4.93. The molecule has 6 nitrogen and oxygen atoms in total. The van der Waals surface area contributed by atoms with Crippen LogP contribution < -0.4 is 4.90 Å². The maximum atomic E-state index is 14.3. The van der Waals surface area contributed by atoms with E-state index in [0.29, 0.717) is 38.2 Å². The molecule has 0 amide bonds. The van der Waals surface area contributed by atoms with Crippen LogP contribution in [0.4, 0.5) is 10.2 Å². The Hall–Kier alpha value is -2.06. The fourth-order valence-corrected chi connectivity index (χ4v) is 4.36. The molecule has 2 heterocycles. The van der Waals surface area contributed by atoms with Gasteiger partial charge in [0.2, 0.25) is 10.0 Å². The van der Waals surface area contributed by atoms with E-state index in [1.54, 1.807) is 12.1 Å². The fourth-order valence-electron chi connectivity index (χ4n) is 3.54. The first-order chi connectivity index (χ1) is 13.7.